The molecule has 0 spiro atoms. The molecule has 0 saturated carbocycles. The predicted octanol–water partition coefficient (Wildman–Crippen LogP) is 16.0. The van der Waals surface area contributed by atoms with Gasteiger partial charge in [-0.3, -0.25) is 0 Å². The van der Waals surface area contributed by atoms with Crippen molar-refractivity contribution < 1.29 is 9.60 Å². The summed E-state index contributed by atoms with van der Waals surface area (Å²) >= 11 is 0. The number of benzene rings is 10. The number of rotatable bonds is 6. The highest BCUT2D eigenvalue weighted by molar-refractivity contribution is 6.14. The summed E-state index contributed by atoms with van der Waals surface area (Å²) in [5.41, 5.74) is 11.7. The number of fused-ring (bicyclic) bond motifs is 9. The van der Waals surface area contributed by atoms with Gasteiger partial charge < -0.3 is 13.7 Å². The second kappa shape index (κ2) is 14.1. The Morgan fingerprint density at radius 2 is 0.841 bits per heavy atom. The van der Waals surface area contributed by atoms with Gasteiger partial charge >= 0.3 is 0 Å². The summed E-state index contributed by atoms with van der Waals surface area (Å²) in [6.07, 6.45) is 0. The van der Waals surface area contributed by atoms with Gasteiger partial charge in [0, 0.05) is 49.3 Å². The van der Waals surface area contributed by atoms with Gasteiger partial charge in [0.1, 0.15) is 0 Å². The van der Waals surface area contributed by atoms with Crippen LogP contribution in [0.4, 0.5) is 0 Å². The standard InChI is InChI=1S/C60H39N3/c1-4-16-40(17-5-1)42-28-32-58-51(36-42)52-38-44(30-34-59(52)61(58)45-20-8-3-9-21-45)43-29-33-57-50(37-43)48-23-11-14-26-55(48)62(57)46-31-35-60-53(39-46)49-24-12-15-27-56(49)63(60)54-25-13-10-22-47(54)41-18-6-2-7-19-41/h1-39H/i11D,14D,23D,26D,29D,33D,37D. The Labute approximate surface area is 374 Å². The summed E-state index contributed by atoms with van der Waals surface area (Å²) in [5, 5.41) is 4.08. The van der Waals surface area contributed by atoms with Gasteiger partial charge in [0.25, 0.3) is 0 Å². The van der Waals surface area contributed by atoms with Crippen molar-refractivity contribution in [2.24, 2.45) is 0 Å². The van der Waals surface area contributed by atoms with E-state index in [0.717, 1.165) is 77.2 Å². The molecule has 0 aliphatic rings. The molecule has 13 rings (SSSR count). The smallest absolute Gasteiger partial charge is 0.0645 e. The Hall–Kier alpha value is -8.40. The summed E-state index contributed by atoms with van der Waals surface area (Å²) < 4.78 is 72.4. The van der Waals surface area contributed by atoms with Gasteiger partial charge in [-0.2, -0.15) is 0 Å². The molecule has 0 unspecified atom stereocenters. The van der Waals surface area contributed by atoms with Crippen molar-refractivity contribution in [2.45, 2.75) is 0 Å². The quantitative estimate of drug-likeness (QED) is 0.159. The van der Waals surface area contributed by atoms with Crippen LogP contribution in [0.1, 0.15) is 9.60 Å². The third-order valence-corrected chi connectivity index (χ3v) is 12.5. The van der Waals surface area contributed by atoms with E-state index in [-0.39, 0.29) is 57.6 Å². The highest BCUT2D eigenvalue weighted by atomic mass is 15.0. The Bertz CT molecular complexity index is 4310. The van der Waals surface area contributed by atoms with Gasteiger partial charge in [-0.05, 0) is 113 Å². The Balaban J connectivity index is 1.07. The first kappa shape index (κ1) is 29.0. The fourth-order valence-corrected chi connectivity index (χ4v) is 9.65. The van der Waals surface area contributed by atoms with E-state index >= 15 is 0 Å². The lowest BCUT2D eigenvalue weighted by molar-refractivity contribution is 1.17. The summed E-state index contributed by atoms with van der Waals surface area (Å²) in [4.78, 5) is 0. The molecule has 0 radical (unpaired) electrons. The fourth-order valence-electron chi connectivity index (χ4n) is 9.65. The normalized spacial score (nSPS) is 13.4. The van der Waals surface area contributed by atoms with E-state index in [9.17, 15) is 6.85 Å². The van der Waals surface area contributed by atoms with Crippen LogP contribution in [0.2, 0.25) is 0 Å². The van der Waals surface area contributed by atoms with Crippen LogP contribution in [0.15, 0.2) is 236 Å². The van der Waals surface area contributed by atoms with Gasteiger partial charge in [-0.15, -0.1) is 0 Å². The lowest BCUT2D eigenvalue weighted by Crippen LogP contribution is -1.98. The predicted molar refractivity (Wildman–Crippen MR) is 266 cm³/mol. The molecule has 13 aromatic rings. The molecule has 3 nitrogen and oxygen atoms in total. The SMILES string of the molecule is [2H]c1c([2H])c([2H])c2c(c1[2H])c1c([2H])c(-c3ccc4c(c3)c3cc(-c5ccccc5)ccc3n4-c3ccccc3)c([2H])c([2H])c1n2-c1ccc2c(c1)c1ccccc1n2-c1ccccc1-c1ccccc1. The molecule has 3 aromatic heterocycles. The van der Waals surface area contributed by atoms with Crippen LogP contribution in [0, 0.1) is 0 Å². The molecule has 0 saturated heterocycles. The lowest BCUT2D eigenvalue weighted by atomic mass is 9.99. The topological polar surface area (TPSA) is 14.8 Å². The molecule has 0 N–H and O–H groups in total. The maximum absolute atomic E-state index is 10.1. The zero-order valence-corrected chi connectivity index (χ0v) is 33.8. The van der Waals surface area contributed by atoms with Crippen LogP contribution in [0.5, 0.6) is 0 Å². The summed E-state index contributed by atoms with van der Waals surface area (Å²) in [6.45, 7) is 0. The van der Waals surface area contributed by atoms with E-state index in [0.29, 0.717) is 11.3 Å². The molecular weight excluding hydrogens is 763 g/mol. The third kappa shape index (κ3) is 5.53. The Kier molecular flexibility index (Phi) is 6.48. The first-order chi connectivity index (χ1) is 34.2. The molecule has 0 aliphatic carbocycles. The molecule has 3 heterocycles. The molecule has 63 heavy (non-hydrogen) atoms. The highest BCUT2D eigenvalue weighted by Gasteiger charge is 2.20. The van der Waals surface area contributed by atoms with Crippen molar-refractivity contribution in [1.29, 1.82) is 0 Å². The minimum Gasteiger partial charge on any atom is -0.309 e. The summed E-state index contributed by atoms with van der Waals surface area (Å²) in [5.74, 6) is 0. The molecule has 0 fully saturated rings. The molecular formula is C60H39N3. The number of hydrogen-bond donors (Lipinski definition) is 0. The van der Waals surface area contributed by atoms with E-state index in [2.05, 4.69) is 88.0 Å². The first-order valence-electron chi connectivity index (χ1n) is 24.6. The van der Waals surface area contributed by atoms with Crippen LogP contribution in [0.3, 0.4) is 0 Å². The van der Waals surface area contributed by atoms with Crippen molar-refractivity contribution in [3.63, 3.8) is 0 Å². The molecule has 0 atom stereocenters. The third-order valence-electron chi connectivity index (χ3n) is 12.5. The molecule has 3 heteroatoms. The van der Waals surface area contributed by atoms with Crippen molar-refractivity contribution in [2.75, 3.05) is 0 Å². The molecule has 0 amide bonds. The van der Waals surface area contributed by atoms with Crippen molar-refractivity contribution >= 4 is 65.4 Å². The highest BCUT2D eigenvalue weighted by Crippen LogP contribution is 2.41. The van der Waals surface area contributed by atoms with Crippen LogP contribution < -0.4 is 0 Å². The van der Waals surface area contributed by atoms with Crippen LogP contribution in [0.25, 0.3) is 116 Å². The molecule has 0 aliphatic heterocycles. The summed E-state index contributed by atoms with van der Waals surface area (Å²) in [6, 6.07) is 63.5. The van der Waals surface area contributed by atoms with Gasteiger partial charge in [0.2, 0.25) is 0 Å². The summed E-state index contributed by atoms with van der Waals surface area (Å²) in [7, 11) is 0. The minimum absolute atomic E-state index is 0.0869. The maximum Gasteiger partial charge on any atom is 0.0645 e. The van der Waals surface area contributed by atoms with Crippen molar-refractivity contribution in [3.8, 4) is 50.4 Å². The first-order valence-corrected chi connectivity index (χ1v) is 21.1. The van der Waals surface area contributed by atoms with Gasteiger partial charge in [0.15, 0.2) is 0 Å². The van der Waals surface area contributed by atoms with E-state index < -0.39 is 12.1 Å². The number of nitrogens with zero attached hydrogens (tertiary/aromatic N) is 3. The van der Waals surface area contributed by atoms with Crippen LogP contribution in [-0.4, -0.2) is 13.7 Å². The second-order valence-corrected chi connectivity index (χ2v) is 16.0. The van der Waals surface area contributed by atoms with Crippen molar-refractivity contribution in [3.05, 3.63) is 236 Å². The van der Waals surface area contributed by atoms with E-state index in [4.69, 9.17) is 2.74 Å². The van der Waals surface area contributed by atoms with E-state index in [1.807, 2.05) is 115 Å². The zero-order valence-electron chi connectivity index (χ0n) is 40.8. The van der Waals surface area contributed by atoms with Crippen molar-refractivity contribution in [1.82, 2.24) is 13.7 Å². The number of aromatic nitrogens is 3. The van der Waals surface area contributed by atoms with Gasteiger partial charge in [-0.25, -0.2) is 0 Å². The molecule has 294 valence electrons. The molecule has 10 aromatic carbocycles. The second-order valence-electron chi connectivity index (χ2n) is 16.0. The van der Waals surface area contributed by atoms with Gasteiger partial charge in [0.05, 0.1) is 48.4 Å². The van der Waals surface area contributed by atoms with Crippen LogP contribution in [-0.2, 0) is 0 Å². The zero-order chi connectivity index (χ0) is 47.5. The minimum atomic E-state index is -0.432. The van der Waals surface area contributed by atoms with Gasteiger partial charge in [-0.1, -0.05) is 152 Å². The number of hydrogen-bond acceptors (Lipinski definition) is 0. The average molecular weight is 809 g/mol. The maximum atomic E-state index is 10.1. The largest absolute Gasteiger partial charge is 0.309 e. The number of para-hydroxylation sites is 4. The van der Waals surface area contributed by atoms with E-state index in [1.165, 1.54) is 0 Å². The Morgan fingerprint density at radius 3 is 1.62 bits per heavy atom. The molecule has 0 bridgehead atoms. The van der Waals surface area contributed by atoms with E-state index in [1.54, 1.807) is 4.57 Å². The van der Waals surface area contributed by atoms with Crippen LogP contribution >= 0.6 is 0 Å². The Morgan fingerprint density at radius 1 is 0.286 bits per heavy atom. The fraction of sp³-hybridized carbons (Fsp3) is 0. The lowest BCUT2D eigenvalue weighted by Gasteiger charge is -2.14. The average Bonchev–Trinajstić information content (AvgIpc) is 4.06. The monoisotopic (exact) mass is 808 g/mol.